The highest BCUT2D eigenvalue weighted by Crippen LogP contribution is 2.18. The zero-order valence-corrected chi connectivity index (χ0v) is 10.7. The topological polar surface area (TPSA) is 83.0 Å². The molecule has 1 aromatic heterocycles. The summed E-state index contributed by atoms with van der Waals surface area (Å²) in [7, 11) is 0. The Kier molecular flexibility index (Phi) is 4.25. The summed E-state index contributed by atoms with van der Waals surface area (Å²) in [4.78, 5) is 11.4. The molecule has 0 atom stereocenters. The Balaban J connectivity index is 1.94. The molecule has 0 fully saturated rings. The van der Waals surface area contributed by atoms with Crippen LogP contribution in [0.5, 0.6) is 5.75 Å². The molecule has 0 unspecified atom stereocenters. The van der Waals surface area contributed by atoms with Crippen LogP contribution in [-0.4, -0.2) is 27.4 Å². The van der Waals surface area contributed by atoms with Gasteiger partial charge in [0.05, 0.1) is 17.8 Å². The number of para-hydroxylation sites is 1. The molecular formula is C13H16N4O2. The monoisotopic (exact) mass is 260 g/mol. The predicted octanol–water partition coefficient (Wildman–Crippen LogP) is 1.02. The van der Waals surface area contributed by atoms with Crippen LogP contribution >= 0.6 is 0 Å². The van der Waals surface area contributed by atoms with Crippen molar-refractivity contribution in [2.45, 2.75) is 20.0 Å². The lowest BCUT2D eigenvalue weighted by atomic mass is 10.1. The Morgan fingerprint density at radius 2 is 2.21 bits per heavy atom. The highest BCUT2D eigenvalue weighted by Gasteiger charge is 2.07. The zero-order valence-electron chi connectivity index (χ0n) is 10.7. The summed E-state index contributed by atoms with van der Waals surface area (Å²) < 4.78 is 7.27. The quantitative estimate of drug-likeness (QED) is 0.784. The van der Waals surface area contributed by atoms with Crippen molar-refractivity contribution in [1.29, 1.82) is 0 Å². The summed E-state index contributed by atoms with van der Waals surface area (Å²) in [6, 6.07) is 7.18. The number of hydrogen-bond donors (Lipinski definition) is 1. The first-order valence-electron chi connectivity index (χ1n) is 6.02. The second kappa shape index (κ2) is 6.10. The van der Waals surface area contributed by atoms with Gasteiger partial charge < -0.3 is 10.5 Å². The van der Waals surface area contributed by atoms with E-state index in [0.717, 1.165) is 5.69 Å². The number of rotatable bonds is 6. The van der Waals surface area contributed by atoms with Crippen molar-refractivity contribution in [3.63, 3.8) is 0 Å². The van der Waals surface area contributed by atoms with E-state index in [1.807, 2.05) is 12.1 Å². The summed E-state index contributed by atoms with van der Waals surface area (Å²) >= 11 is 0. The molecule has 0 radical (unpaired) electrons. The van der Waals surface area contributed by atoms with Crippen molar-refractivity contribution in [3.8, 4) is 5.75 Å². The van der Waals surface area contributed by atoms with E-state index in [-0.39, 0.29) is 5.78 Å². The van der Waals surface area contributed by atoms with E-state index in [0.29, 0.717) is 31.0 Å². The Morgan fingerprint density at radius 1 is 1.42 bits per heavy atom. The van der Waals surface area contributed by atoms with Crippen LogP contribution in [0.15, 0.2) is 30.5 Å². The molecule has 100 valence electrons. The molecule has 0 aliphatic heterocycles. The smallest absolute Gasteiger partial charge is 0.163 e. The summed E-state index contributed by atoms with van der Waals surface area (Å²) in [5.41, 5.74) is 6.78. The zero-order chi connectivity index (χ0) is 13.7. The first-order valence-corrected chi connectivity index (χ1v) is 6.02. The third-order valence-electron chi connectivity index (χ3n) is 2.64. The third kappa shape index (κ3) is 3.38. The molecule has 0 aliphatic carbocycles. The molecule has 6 heteroatoms. The standard InChI is InChI=1S/C13H16N4O2/c1-10(18)12-4-2-3-5-13(12)19-7-6-17-9-11(8-14)15-16-17/h2-5,9H,6-8,14H2,1H3. The maximum atomic E-state index is 11.4. The van der Waals surface area contributed by atoms with Crippen molar-refractivity contribution in [2.24, 2.45) is 5.73 Å². The number of ether oxygens (including phenoxy) is 1. The molecule has 0 saturated carbocycles. The molecule has 6 nitrogen and oxygen atoms in total. The number of ketones is 1. The van der Waals surface area contributed by atoms with Gasteiger partial charge in [0.15, 0.2) is 5.78 Å². The number of carbonyl (C=O) groups excluding carboxylic acids is 1. The number of Topliss-reactive ketones (excluding diaryl/α,β-unsaturated/α-hetero) is 1. The normalized spacial score (nSPS) is 10.4. The molecule has 0 aliphatic rings. The molecular weight excluding hydrogens is 244 g/mol. The van der Waals surface area contributed by atoms with Crippen LogP contribution in [0, 0.1) is 0 Å². The van der Waals surface area contributed by atoms with E-state index < -0.39 is 0 Å². The molecule has 1 heterocycles. The number of benzene rings is 1. The van der Waals surface area contributed by atoms with Gasteiger partial charge >= 0.3 is 0 Å². The van der Waals surface area contributed by atoms with Gasteiger partial charge in [0.1, 0.15) is 12.4 Å². The fraction of sp³-hybridized carbons (Fsp3) is 0.308. The molecule has 2 aromatic rings. The Hall–Kier alpha value is -2.21. The second-order valence-corrected chi connectivity index (χ2v) is 4.08. The van der Waals surface area contributed by atoms with Gasteiger partial charge in [0, 0.05) is 12.7 Å². The fourth-order valence-corrected chi connectivity index (χ4v) is 1.67. The molecule has 2 N–H and O–H groups in total. The van der Waals surface area contributed by atoms with Crippen molar-refractivity contribution in [1.82, 2.24) is 15.0 Å². The summed E-state index contributed by atoms with van der Waals surface area (Å²) in [5, 5.41) is 7.80. The van der Waals surface area contributed by atoms with Gasteiger partial charge in [-0.25, -0.2) is 4.68 Å². The lowest BCUT2D eigenvalue weighted by Gasteiger charge is -2.09. The van der Waals surface area contributed by atoms with Gasteiger partial charge in [-0.1, -0.05) is 17.3 Å². The highest BCUT2D eigenvalue weighted by atomic mass is 16.5. The molecule has 0 amide bonds. The van der Waals surface area contributed by atoms with Crippen molar-refractivity contribution >= 4 is 5.78 Å². The number of nitrogens with two attached hydrogens (primary N) is 1. The van der Waals surface area contributed by atoms with Crippen LogP contribution in [0.4, 0.5) is 0 Å². The van der Waals surface area contributed by atoms with Crippen LogP contribution in [0.3, 0.4) is 0 Å². The molecule has 0 spiro atoms. The number of hydrogen-bond acceptors (Lipinski definition) is 5. The molecule has 2 rings (SSSR count). The lowest BCUT2D eigenvalue weighted by molar-refractivity contribution is 0.101. The van der Waals surface area contributed by atoms with Crippen LogP contribution in [-0.2, 0) is 13.1 Å². The maximum Gasteiger partial charge on any atom is 0.163 e. The van der Waals surface area contributed by atoms with Gasteiger partial charge in [0.25, 0.3) is 0 Å². The van der Waals surface area contributed by atoms with E-state index in [9.17, 15) is 4.79 Å². The molecule has 0 bridgehead atoms. The van der Waals surface area contributed by atoms with Crippen LogP contribution in [0.2, 0.25) is 0 Å². The molecule has 19 heavy (non-hydrogen) atoms. The van der Waals surface area contributed by atoms with E-state index in [1.165, 1.54) is 6.92 Å². The summed E-state index contributed by atoms with van der Waals surface area (Å²) in [5.74, 6) is 0.580. The highest BCUT2D eigenvalue weighted by molar-refractivity contribution is 5.96. The van der Waals surface area contributed by atoms with E-state index in [1.54, 1.807) is 23.0 Å². The first-order chi connectivity index (χ1) is 9.20. The minimum atomic E-state index is -0.0122. The second-order valence-electron chi connectivity index (χ2n) is 4.08. The van der Waals surface area contributed by atoms with Crippen molar-refractivity contribution < 1.29 is 9.53 Å². The van der Waals surface area contributed by atoms with Crippen LogP contribution in [0.25, 0.3) is 0 Å². The summed E-state index contributed by atoms with van der Waals surface area (Å²) in [6.07, 6.45) is 1.78. The van der Waals surface area contributed by atoms with E-state index >= 15 is 0 Å². The number of carbonyl (C=O) groups is 1. The van der Waals surface area contributed by atoms with E-state index in [2.05, 4.69) is 10.3 Å². The molecule has 0 saturated heterocycles. The number of aromatic nitrogens is 3. The average Bonchev–Trinajstić information content (AvgIpc) is 2.87. The average molecular weight is 260 g/mol. The minimum absolute atomic E-state index is 0.0122. The minimum Gasteiger partial charge on any atom is -0.491 e. The van der Waals surface area contributed by atoms with Gasteiger partial charge in [-0.05, 0) is 19.1 Å². The van der Waals surface area contributed by atoms with Crippen LogP contribution < -0.4 is 10.5 Å². The summed E-state index contributed by atoms with van der Waals surface area (Å²) in [6.45, 7) is 2.86. The number of nitrogens with zero attached hydrogens (tertiary/aromatic N) is 3. The Labute approximate surface area is 111 Å². The van der Waals surface area contributed by atoms with Gasteiger partial charge in [-0.15, -0.1) is 5.10 Å². The lowest BCUT2D eigenvalue weighted by Crippen LogP contribution is -2.10. The SMILES string of the molecule is CC(=O)c1ccccc1OCCn1cc(CN)nn1. The van der Waals surface area contributed by atoms with Gasteiger partial charge in [-0.3, -0.25) is 4.79 Å². The van der Waals surface area contributed by atoms with Gasteiger partial charge in [-0.2, -0.15) is 0 Å². The molecule has 1 aromatic carbocycles. The Morgan fingerprint density at radius 3 is 2.89 bits per heavy atom. The third-order valence-corrected chi connectivity index (χ3v) is 2.64. The van der Waals surface area contributed by atoms with Gasteiger partial charge in [0.2, 0.25) is 0 Å². The predicted molar refractivity (Wildman–Crippen MR) is 69.9 cm³/mol. The van der Waals surface area contributed by atoms with Crippen molar-refractivity contribution in [3.05, 3.63) is 41.7 Å². The van der Waals surface area contributed by atoms with Crippen molar-refractivity contribution in [2.75, 3.05) is 6.61 Å². The Bertz CT molecular complexity index is 565. The van der Waals surface area contributed by atoms with E-state index in [4.69, 9.17) is 10.5 Å². The maximum absolute atomic E-state index is 11.4. The largest absolute Gasteiger partial charge is 0.491 e. The fourth-order valence-electron chi connectivity index (χ4n) is 1.67. The first kappa shape index (κ1) is 13.2. The van der Waals surface area contributed by atoms with Crippen LogP contribution in [0.1, 0.15) is 23.0 Å².